The van der Waals surface area contributed by atoms with E-state index in [1.807, 2.05) is 0 Å². The molecule has 1 atom stereocenters. The molecule has 0 fully saturated rings. The quantitative estimate of drug-likeness (QED) is 0.488. The fraction of sp³-hybridized carbons (Fsp3) is 0.900. The Hall–Kier alpha value is -0.610. The second-order valence-electron chi connectivity index (χ2n) is 3.68. The van der Waals surface area contributed by atoms with Crippen LogP contribution >= 0.6 is 0 Å². The second kappa shape index (κ2) is 8.97. The van der Waals surface area contributed by atoms with Crippen LogP contribution in [0.4, 0.5) is 0 Å². The number of nitrogens with two attached hydrogens (primary N) is 2. The van der Waals surface area contributed by atoms with Gasteiger partial charge in [-0.3, -0.25) is 4.79 Å². The molecule has 0 saturated carbocycles. The molecule has 4 nitrogen and oxygen atoms in total. The van der Waals surface area contributed by atoms with Crippen LogP contribution < -0.4 is 11.5 Å². The normalized spacial score (nSPS) is 12.7. The first kappa shape index (κ1) is 13.4. The minimum absolute atomic E-state index is 0.159. The summed E-state index contributed by atoms with van der Waals surface area (Å²) in [6.07, 6.45) is 6.01. The highest BCUT2D eigenvalue weighted by molar-refractivity contribution is 5.66. The minimum Gasteiger partial charge on any atom is -0.481 e. The van der Waals surface area contributed by atoms with E-state index in [1.54, 1.807) is 0 Å². The van der Waals surface area contributed by atoms with Crippen molar-refractivity contribution in [2.45, 2.75) is 51.0 Å². The van der Waals surface area contributed by atoms with Gasteiger partial charge in [0.05, 0.1) is 0 Å². The van der Waals surface area contributed by atoms with Crippen molar-refractivity contribution in [2.75, 3.05) is 6.54 Å². The summed E-state index contributed by atoms with van der Waals surface area (Å²) in [5.74, 6) is -0.736. The largest absolute Gasteiger partial charge is 0.481 e. The molecule has 0 aliphatic carbocycles. The minimum atomic E-state index is -0.736. The first-order valence-electron chi connectivity index (χ1n) is 5.34. The van der Waals surface area contributed by atoms with Gasteiger partial charge in [-0.1, -0.05) is 12.8 Å². The summed E-state index contributed by atoms with van der Waals surface area (Å²) in [4.78, 5) is 10.2. The van der Waals surface area contributed by atoms with Crippen LogP contribution in [0.3, 0.4) is 0 Å². The summed E-state index contributed by atoms with van der Waals surface area (Å²) in [6, 6.07) is 0.159. The number of carboxylic acid groups (broad SMARTS) is 1. The second-order valence-corrected chi connectivity index (χ2v) is 3.68. The Morgan fingerprint density at radius 2 is 1.79 bits per heavy atom. The van der Waals surface area contributed by atoms with Crippen LogP contribution in [0, 0.1) is 0 Å². The zero-order valence-corrected chi connectivity index (χ0v) is 8.74. The molecule has 0 bridgehead atoms. The third-order valence-corrected chi connectivity index (χ3v) is 2.24. The van der Waals surface area contributed by atoms with Gasteiger partial charge >= 0.3 is 5.97 Å². The maximum atomic E-state index is 10.2. The van der Waals surface area contributed by atoms with Crippen molar-refractivity contribution in [3.05, 3.63) is 0 Å². The predicted molar refractivity (Wildman–Crippen MR) is 57.0 cm³/mol. The van der Waals surface area contributed by atoms with Gasteiger partial charge in [0.1, 0.15) is 0 Å². The smallest absolute Gasteiger partial charge is 0.303 e. The topological polar surface area (TPSA) is 89.3 Å². The molecule has 0 heterocycles. The molecule has 4 heteroatoms. The van der Waals surface area contributed by atoms with E-state index in [2.05, 4.69) is 0 Å². The molecular weight excluding hydrogens is 180 g/mol. The molecule has 0 rings (SSSR count). The Kier molecular flexibility index (Phi) is 8.57. The summed E-state index contributed by atoms with van der Waals surface area (Å²) in [5, 5.41) is 8.42. The Morgan fingerprint density at radius 3 is 2.36 bits per heavy atom. The van der Waals surface area contributed by atoms with Crippen molar-refractivity contribution in [1.82, 2.24) is 0 Å². The number of hydrogen-bond acceptors (Lipinski definition) is 3. The van der Waals surface area contributed by atoms with Crippen molar-refractivity contribution in [3.8, 4) is 0 Å². The van der Waals surface area contributed by atoms with Gasteiger partial charge in [0.25, 0.3) is 0 Å². The molecule has 0 radical (unpaired) electrons. The van der Waals surface area contributed by atoms with E-state index in [4.69, 9.17) is 16.6 Å². The molecule has 5 N–H and O–H groups in total. The van der Waals surface area contributed by atoms with Crippen molar-refractivity contribution < 1.29 is 9.90 Å². The van der Waals surface area contributed by atoms with Crippen molar-refractivity contribution in [1.29, 1.82) is 0 Å². The van der Waals surface area contributed by atoms with Crippen LogP contribution in [0.1, 0.15) is 44.9 Å². The van der Waals surface area contributed by atoms with Gasteiger partial charge in [-0.25, -0.2) is 0 Å². The molecule has 0 saturated heterocycles. The molecule has 84 valence electrons. The van der Waals surface area contributed by atoms with E-state index in [0.29, 0.717) is 6.42 Å². The highest BCUT2D eigenvalue weighted by atomic mass is 16.4. The van der Waals surface area contributed by atoms with Crippen molar-refractivity contribution >= 4 is 5.97 Å². The standard InChI is InChI=1S/C10H22N2O2/c11-8-3-1-2-5-9(12)6-4-7-10(13)14/h9H,1-8,11-12H2,(H,13,14). The monoisotopic (exact) mass is 202 g/mol. The van der Waals surface area contributed by atoms with E-state index < -0.39 is 5.97 Å². The maximum absolute atomic E-state index is 10.2. The lowest BCUT2D eigenvalue weighted by molar-refractivity contribution is -0.137. The van der Waals surface area contributed by atoms with Gasteiger partial charge < -0.3 is 16.6 Å². The van der Waals surface area contributed by atoms with E-state index in [0.717, 1.165) is 38.6 Å². The number of carboxylic acids is 1. The fourth-order valence-electron chi connectivity index (χ4n) is 1.39. The summed E-state index contributed by atoms with van der Waals surface area (Å²) in [6.45, 7) is 0.744. The van der Waals surface area contributed by atoms with Gasteiger partial charge in [-0.15, -0.1) is 0 Å². The average Bonchev–Trinajstić information content (AvgIpc) is 2.12. The molecular formula is C10H22N2O2. The molecule has 1 unspecified atom stereocenters. The molecule has 0 spiro atoms. The van der Waals surface area contributed by atoms with Gasteiger partial charge in [-0.05, 0) is 32.2 Å². The molecule has 0 aromatic heterocycles. The molecule has 0 aliphatic rings. The highest BCUT2D eigenvalue weighted by Gasteiger charge is 2.03. The first-order chi connectivity index (χ1) is 6.66. The predicted octanol–water partition coefficient (Wildman–Crippen LogP) is 1.09. The van der Waals surface area contributed by atoms with E-state index in [-0.39, 0.29) is 12.5 Å². The first-order valence-corrected chi connectivity index (χ1v) is 5.34. The number of aliphatic carboxylic acids is 1. The summed E-state index contributed by atoms with van der Waals surface area (Å²) >= 11 is 0. The number of unbranched alkanes of at least 4 members (excludes halogenated alkanes) is 2. The third-order valence-electron chi connectivity index (χ3n) is 2.24. The van der Waals surface area contributed by atoms with Crippen LogP contribution in [-0.4, -0.2) is 23.7 Å². The van der Waals surface area contributed by atoms with Gasteiger partial charge in [0.2, 0.25) is 0 Å². The lowest BCUT2D eigenvalue weighted by Gasteiger charge is -2.09. The van der Waals surface area contributed by atoms with Crippen LogP contribution in [0.15, 0.2) is 0 Å². The number of carbonyl (C=O) groups is 1. The van der Waals surface area contributed by atoms with Crippen molar-refractivity contribution in [2.24, 2.45) is 11.5 Å². The van der Waals surface area contributed by atoms with Crippen LogP contribution in [0.5, 0.6) is 0 Å². The maximum Gasteiger partial charge on any atom is 0.303 e. The average molecular weight is 202 g/mol. The summed E-state index contributed by atoms with van der Waals surface area (Å²) < 4.78 is 0. The Bertz CT molecular complexity index is 151. The molecule has 14 heavy (non-hydrogen) atoms. The Labute approximate surface area is 85.7 Å². The molecule has 0 aliphatic heterocycles. The van der Waals surface area contributed by atoms with Gasteiger partial charge in [-0.2, -0.15) is 0 Å². The van der Waals surface area contributed by atoms with Gasteiger partial charge in [0.15, 0.2) is 0 Å². The summed E-state index contributed by atoms with van der Waals surface area (Å²) in [7, 11) is 0. The number of rotatable bonds is 9. The van der Waals surface area contributed by atoms with Crippen molar-refractivity contribution in [3.63, 3.8) is 0 Å². The lowest BCUT2D eigenvalue weighted by Crippen LogP contribution is -2.20. The Balaban J connectivity index is 3.19. The Morgan fingerprint density at radius 1 is 1.14 bits per heavy atom. The van der Waals surface area contributed by atoms with Crippen LogP contribution in [0.25, 0.3) is 0 Å². The zero-order chi connectivity index (χ0) is 10.8. The van der Waals surface area contributed by atoms with E-state index in [9.17, 15) is 4.79 Å². The van der Waals surface area contributed by atoms with Gasteiger partial charge in [0, 0.05) is 12.5 Å². The van der Waals surface area contributed by atoms with E-state index in [1.165, 1.54) is 0 Å². The third kappa shape index (κ3) is 9.48. The highest BCUT2D eigenvalue weighted by Crippen LogP contribution is 2.07. The molecule has 0 aromatic rings. The van der Waals surface area contributed by atoms with E-state index >= 15 is 0 Å². The SMILES string of the molecule is NCCCCCC(N)CCCC(=O)O. The fourth-order valence-corrected chi connectivity index (χ4v) is 1.39. The zero-order valence-electron chi connectivity index (χ0n) is 8.74. The van der Waals surface area contributed by atoms with Crippen LogP contribution in [-0.2, 0) is 4.79 Å². The molecule has 0 aromatic carbocycles. The summed E-state index contributed by atoms with van der Waals surface area (Å²) in [5.41, 5.74) is 11.2. The lowest BCUT2D eigenvalue weighted by atomic mass is 10.0. The number of hydrogen-bond donors (Lipinski definition) is 3. The molecule has 0 amide bonds. The van der Waals surface area contributed by atoms with Crippen LogP contribution in [0.2, 0.25) is 0 Å².